The number of fused-ring (bicyclic) bond motifs is 1. The zero-order chi connectivity index (χ0) is 19.3. The fourth-order valence-electron chi connectivity index (χ4n) is 3.87. The van der Waals surface area contributed by atoms with Crippen molar-refractivity contribution in [2.75, 3.05) is 5.32 Å². The molecule has 0 aliphatic heterocycles. The van der Waals surface area contributed by atoms with E-state index >= 15 is 0 Å². The van der Waals surface area contributed by atoms with Crippen molar-refractivity contribution in [1.82, 2.24) is 10.3 Å². The first-order chi connectivity index (χ1) is 13.7. The summed E-state index contributed by atoms with van der Waals surface area (Å²) in [5.74, 6) is 0. The summed E-state index contributed by atoms with van der Waals surface area (Å²) in [6.45, 7) is 0.851. The average molecular weight is 464 g/mol. The Morgan fingerprint density at radius 3 is 2.37 bits per heavy atom. The molecule has 158 valence electrons. The first kappa shape index (κ1) is 24.2. The molecular weight excluding hydrogens is 439 g/mol. The molecule has 1 saturated carbocycles. The van der Waals surface area contributed by atoms with Gasteiger partial charge in [-0.1, -0.05) is 23.7 Å². The number of benzene rings is 2. The van der Waals surface area contributed by atoms with E-state index in [2.05, 4.69) is 21.7 Å². The molecule has 1 fully saturated rings. The molecule has 2 N–H and O–H groups in total. The summed E-state index contributed by atoms with van der Waals surface area (Å²) in [7, 11) is 0. The lowest BCUT2D eigenvalue weighted by Crippen LogP contribution is -2.36. The molecule has 0 spiro atoms. The number of nitrogens with zero attached hydrogens (tertiary/aromatic N) is 2. The lowest BCUT2D eigenvalue weighted by atomic mass is 9.90. The van der Waals surface area contributed by atoms with Gasteiger partial charge in [0.15, 0.2) is 0 Å². The molecule has 1 aliphatic rings. The van der Waals surface area contributed by atoms with Crippen molar-refractivity contribution in [2.24, 2.45) is 0 Å². The normalized spacial score (nSPS) is 18.0. The van der Waals surface area contributed by atoms with Gasteiger partial charge < -0.3 is 10.6 Å². The van der Waals surface area contributed by atoms with Gasteiger partial charge in [-0.05, 0) is 67.6 Å². The molecule has 0 saturated heterocycles. The maximum atomic E-state index is 8.88. The van der Waals surface area contributed by atoms with Crippen LogP contribution in [0, 0.1) is 11.3 Å². The molecule has 0 amide bonds. The summed E-state index contributed by atoms with van der Waals surface area (Å²) in [4.78, 5) is 4.42. The van der Waals surface area contributed by atoms with Gasteiger partial charge in [-0.15, -0.1) is 24.8 Å². The fourth-order valence-corrected chi connectivity index (χ4v) is 4.03. The summed E-state index contributed by atoms with van der Waals surface area (Å²) in [5.41, 5.74) is 3.99. The molecule has 1 aromatic heterocycles. The molecule has 0 unspecified atom stereocenters. The Labute approximate surface area is 194 Å². The third kappa shape index (κ3) is 6.00. The number of aromatic nitrogens is 1. The third-order valence-corrected chi connectivity index (χ3v) is 5.70. The van der Waals surface area contributed by atoms with Crippen LogP contribution in [0.4, 0.5) is 5.69 Å². The first-order valence-electron chi connectivity index (χ1n) is 9.74. The monoisotopic (exact) mass is 462 g/mol. The van der Waals surface area contributed by atoms with E-state index in [0.717, 1.165) is 48.8 Å². The first-order valence-corrected chi connectivity index (χ1v) is 10.1. The summed E-state index contributed by atoms with van der Waals surface area (Å²) in [5, 5.41) is 18.1. The van der Waals surface area contributed by atoms with Gasteiger partial charge >= 0.3 is 0 Å². The van der Waals surface area contributed by atoms with Crippen molar-refractivity contribution in [3.63, 3.8) is 0 Å². The lowest BCUT2D eigenvalue weighted by molar-refractivity contribution is 0.353. The smallest absolute Gasteiger partial charge is 0.0991 e. The summed E-state index contributed by atoms with van der Waals surface area (Å²) < 4.78 is 0. The van der Waals surface area contributed by atoms with Crippen LogP contribution in [-0.2, 0) is 6.54 Å². The SMILES string of the molecule is Cl.Cl.N#Cc1ccc(CN[C@H]2CC[C@@H](Nc3ccnc4cc(Cl)ccc34)CC2)cc1. The molecule has 3 aromatic rings. The van der Waals surface area contributed by atoms with Crippen LogP contribution >= 0.6 is 36.4 Å². The molecule has 4 rings (SSSR count). The fraction of sp³-hybridized carbons (Fsp3) is 0.304. The summed E-state index contributed by atoms with van der Waals surface area (Å²) in [6, 6.07) is 18.9. The Kier molecular flexibility index (Phi) is 9.20. The second kappa shape index (κ2) is 11.4. The average Bonchev–Trinajstić information content (AvgIpc) is 2.73. The number of hydrogen-bond acceptors (Lipinski definition) is 4. The summed E-state index contributed by atoms with van der Waals surface area (Å²) >= 11 is 6.09. The molecular formula is C23H25Cl3N4. The number of nitrogens with one attached hydrogen (secondary N) is 2. The van der Waals surface area contributed by atoms with E-state index in [1.807, 2.05) is 54.7 Å². The molecule has 2 aromatic carbocycles. The molecule has 7 heteroatoms. The Balaban J connectivity index is 0.00000160. The maximum absolute atomic E-state index is 8.88. The van der Waals surface area contributed by atoms with Crippen molar-refractivity contribution in [2.45, 2.75) is 44.3 Å². The number of hydrogen-bond donors (Lipinski definition) is 2. The predicted molar refractivity (Wildman–Crippen MR) is 129 cm³/mol. The van der Waals surface area contributed by atoms with Crippen molar-refractivity contribution in [3.05, 3.63) is 70.9 Å². The van der Waals surface area contributed by atoms with Gasteiger partial charge in [0.25, 0.3) is 0 Å². The van der Waals surface area contributed by atoms with Crippen LogP contribution in [0.3, 0.4) is 0 Å². The van der Waals surface area contributed by atoms with E-state index < -0.39 is 0 Å². The van der Waals surface area contributed by atoms with E-state index in [4.69, 9.17) is 16.9 Å². The molecule has 4 nitrogen and oxygen atoms in total. The molecule has 30 heavy (non-hydrogen) atoms. The van der Waals surface area contributed by atoms with Crippen molar-refractivity contribution in [3.8, 4) is 6.07 Å². The van der Waals surface area contributed by atoms with Crippen LogP contribution < -0.4 is 10.6 Å². The summed E-state index contributed by atoms with van der Waals surface area (Å²) in [6.07, 6.45) is 6.43. The Hall–Kier alpha value is -2.03. The van der Waals surface area contributed by atoms with Gasteiger partial charge in [0.2, 0.25) is 0 Å². The third-order valence-electron chi connectivity index (χ3n) is 5.47. The quantitative estimate of drug-likeness (QED) is 0.479. The number of rotatable bonds is 5. The molecule has 0 atom stereocenters. The highest BCUT2D eigenvalue weighted by Crippen LogP contribution is 2.28. The van der Waals surface area contributed by atoms with Crippen LogP contribution in [0.15, 0.2) is 54.7 Å². The Bertz CT molecular complexity index is 993. The number of halogens is 3. The largest absolute Gasteiger partial charge is 0.382 e. The van der Waals surface area contributed by atoms with Crippen LogP contribution in [0.2, 0.25) is 5.02 Å². The second-order valence-corrected chi connectivity index (χ2v) is 7.84. The van der Waals surface area contributed by atoms with Crippen LogP contribution in [-0.4, -0.2) is 17.1 Å². The molecule has 1 heterocycles. The minimum absolute atomic E-state index is 0. The van der Waals surface area contributed by atoms with Gasteiger partial charge in [0, 0.05) is 40.9 Å². The predicted octanol–water partition coefficient (Wildman–Crippen LogP) is 6.12. The van der Waals surface area contributed by atoms with Gasteiger partial charge in [-0.2, -0.15) is 5.26 Å². The van der Waals surface area contributed by atoms with E-state index in [-0.39, 0.29) is 24.8 Å². The number of nitriles is 1. The Morgan fingerprint density at radius 1 is 0.967 bits per heavy atom. The molecule has 1 aliphatic carbocycles. The van der Waals surface area contributed by atoms with E-state index in [0.29, 0.717) is 22.7 Å². The van der Waals surface area contributed by atoms with Crippen LogP contribution in [0.5, 0.6) is 0 Å². The van der Waals surface area contributed by atoms with Crippen molar-refractivity contribution >= 4 is 53.0 Å². The zero-order valence-corrected chi connectivity index (χ0v) is 18.9. The maximum Gasteiger partial charge on any atom is 0.0991 e. The van der Waals surface area contributed by atoms with Crippen LogP contribution in [0.25, 0.3) is 10.9 Å². The zero-order valence-electron chi connectivity index (χ0n) is 16.5. The van der Waals surface area contributed by atoms with Gasteiger partial charge in [-0.25, -0.2) is 0 Å². The molecule has 0 bridgehead atoms. The highest BCUT2D eigenvalue weighted by Gasteiger charge is 2.21. The number of anilines is 1. The van der Waals surface area contributed by atoms with Gasteiger partial charge in [0.05, 0.1) is 17.1 Å². The minimum atomic E-state index is 0. The van der Waals surface area contributed by atoms with E-state index in [1.54, 1.807) is 0 Å². The van der Waals surface area contributed by atoms with Gasteiger partial charge in [-0.3, -0.25) is 4.98 Å². The number of pyridine rings is 1. The van der Waals surface area contributed by atoms with Crippen molar-refractivity contribution in [1.29, 1.82) is 5.26 Å². The van der Waals surface area contributed by atoms with E-state index in [1.165, 1.54) is 5.56 Å². The minimum Gasteiger partial charge on any atom is -0.382 e. The topological polar surface area (TPSA) is 60.7 Å². The standard InChI is InChI=1S/C23H23ClN4.2ClH/c24-18-5-10-21-22(11-12-26-23(21)13-18)28-20-8-6-19(7-9-20)27-15-17-3-1-16(14-25)2-4-17;;/h1-5,10-13,19-20,27H,6-9,15H2,(H,26,28);2*1H/t19-,20+;;. The van der Waals surface area contributed by atoms with Crippen LogP contribution in [0.1, 0.15) is 36.8 Å². The Morgan fingerprint density at radius 2 is 1.67 bits per heavy atom. The van der Waals surface area contributed by atoms with Crippen molar-refractivity contribution < 1.29 is 0 Å². The highest BCUT2D eigenvalue weighted by molar-refractivity contribution is 6.31. The highest BCUT2D eigenvalue weighted by atomic mass is 35.5. The second-order valence-electron chi connectivity index (χ2n) is 7.40. The lowest BCUT2D eigenvalue weighted by Gasteiger charge is -2.30. The molecule has 0 radical (unpaired) electrons. The van der Waals surface area contributed by atoms with E-state index in [9.17, 15) is 0 Å². The van der Waals surface area contributed by atoms with Gasteiger partial charge in [0.1, 0.15) is 0 Å².